The Bertz CT molecular complexity index is 138. The molecule has 0 amide bonds. The van der Waals surface area contributed by atoms with Crippen molar-refractivity contribution >= 4 is 5.97 Å². The SMILES string of the molecule is CCCC(C(=O)[O-])[N+](C)(C)C. The van der Waals surface area contributed by atoms with E-state index < -0.39 is 5.97 Å². The molecule has 0 radical (unpaired) electrons. The third-order valence-electron chi connectivity index (χ3n) is 1.77. The fraction of sp³-hybridized carbons (Fsp3) is 0.875. The second kappa shape index (κ2) is 3.72. The summed E-state index contributed by atoms with van der Waals surface area (Å²) < 4.78 is 0.441. The number of rotatable bonds is 4. The lowest BCUT2D eigenvalue weighted by atomic mass is 10.1. The van der Waals surface area contributed by atoms with Gasteiger partial charge in [0.1, 0.15) is 6.04 Å². The molecule has 0 heterocycles. The largest absolute Gasteiger partial charge is 0.544 e. The van der Waals surface area contributed by atoms with Crippen molar-refractivity contribution < 1.29 is 14.4 Å². The Morgan fingerprint density at radius 2 is 1.91 bits per heavy atom. The summed E-state index contributed by atoms with van der Waals surface area (Å²) >= 11 is 0. The molecule has 0 aliphatic heterocycles. The molecule has 0 bridgehead atoms. The summed E-state index contributed by atoms with van der Waals surface area (Å²) in [5.41, 5.74) is 0. The first-order valence-electron chi connectivity index (χ1n) is 3.91. The molecule has 0 saturated carbocycles. The predicted molar refractivity (Wildman–Crippen MR) is 41.7 cm³/mol. The van der Waals surface area contributed by atoms with Crippen LogP contribution in [0.2, 0.25) is 0 Å². The maximum atomic E-state index is 10.6. The van der Waals surface area contributed by atoms with Gasteiger partial charge in [-0.1, -0.05) is 13.3 Å². The number of nitrogens with zero attached hydrogens (tertiary/aromatic N) is 1. The lowest BCUT2D eigenvalue weighted by Crippen LogP contribution is -2.54. The van der Waals surface area contributed by atoms with Gasteiger partial charge in [-0.3, -0.25) is 0 Å². The van der Waals surface area contributed by atoms with Crippen LogP contribution in [-0.2, 0) is 4.79 Å². The van der Waals surface area contributed by atoms with Crippen molar-refractivity contribution in [2.24, 2.45) is 0 Å². The molecule has 0 N–H and O–H groups in total. The van der Waals surface area contributed by atoms with Crippen LogP contribution < -0.4 is 5.11 Å². The van der Waals surface area contributed by atoms with Crippen molar-refractivity contribution in [3.63, 3.8) is 0 Å². The van der Waals surface area contributed by atoms with Crippen molar-refractivity contribution in [2.45, 2.75) is 25.8 Å². The van der Waals surface area contributed by atoms with Crippen molar-refractivity contribution in [1.29, 1.82) is 0 Å². The minimum Gasteiger partial charge on any atom is -0.544 e. The lowest BCUT2D eigenvalue weighted by molar-refractivity contribution is -0.889. The van der Waals surface area contributed by atoms with E-state index in [9.17, 15) is 9.90 Å². The monoisotopic (exact) mass is 159 g/mol. The molecule has 0 aromatic heterocycles. The zero-order valence-electron chi connectivity index (χ0n) is 7.76. The number of carbonyl (C=O) groups excluding carboxylic acids is 1. The lowest BCUT2D eigenvalue weighted by Gasteiger charge is -2.34. The minimum atomic E-state index is -0.945. The molecule has 0 saturated heterocycles. The number of hydrogen-bond acceptors (Lipinski definition) is 2. The van der Waals surface area contributed by atoms with Crippen molar-refractivity contribution in [3.8, 4) is 0 Å². The van der Waals surface area contributed by atoms with Crippen LogP contribution in [0.1, 0.15) is 19.8 Å². The van der Waals surface area contributed by atoms with Gasteiger partial charge in [0.05, 0.1) is 27.1 Å². The van der Waals surface area contributed by atoms with Gasteiger partial charge in [-0.25, -0.2) is 0 Å². The normalized spacial score (nSPS) is 14.5. The molecule has 0 fully saturated rings. The van der Waals surface area contributed by atoms with Crippen LogP contribution in [0.15, 0.2) is 0 Å². The summed E-state index contributed by atoms with van der Waals surface area (Å²) in [7, 11) is 5.61. The van der Waals surface area contributed by atoms with Crippen LogP contribution in [0.25, 0.3) is 0 Å². The molecular weight excluding hydrogens is 142 g/mol. The van der Waals surface area contributed by atoms with E-state index in [4.69, 9.17) is 0 Å². The molecule has 11 heavy (non-hydrogen) atoms. The summed E-state index contributed by atoms with van der Waals surface area (Å²) in [6.45, 7) is 1.98. The van der Waals surface area contributed by atoms with Crippen molar-refractivity contribution in [1.82, 2.24) is 0 Å². The van der Waals surface area contributed by atoms with Crippen LogP contribution in [0, 0.1) is 0 Å². The predicted octanol–water partition coefficient (Wildman–Crippen LogP) is -0.389. The highest BCUT2D eigenvalue weighted by Gasteiger charge is 2.23. The number of likely N-dealkylation sites (N-methyl/N-ethyl adjacent to an activating group) is 1. The number of aliphatic carboxylic acids is 1. The molecule has 1 atom stereocenters. The third-order valence-corrected chi connectivity index (χ3v) is 1.77. The van der Waals surface area contributed by atoms with Crippen LogP contribution in [-0.4, -0.2) is 37.6 Å². The Morgan fingerprint density at radius 1 is 1.45 bits per heavy atom. The van der Waals surface area contributed by atoms with E-state index >= 15 is 0 Å². The van der Waals surface area contributed by atoms with Gasteiger partial charge >= 0.3 is 0 Å². The molecule has 0 aliphatic rings. The first-order valence-corrected chi connectivity index (χ1v) is 3.91. The first-order chi connectivity index (χ1) is 4.89. The minimum absolute atomic E-state index is 0.375. The maximum Gasteiger partial charge on any atom is 0.129 e. The Labute approximate surface area is 68.2 Å². The van der Waals surface area contributed by atoms with E-state index in [1.165, 1.54) is 0 Å². The second-order valence-electron chi connectivity index (χ2n) is 3.74. The van der Waals surface area contributed by atoms with E-state index in [-0.39, 0.29) is 6.04 Å². The molecule has 0 aromatic carbocycles. The van der Waals surface area contributed by atoms with E-state index in [0.717, 1.165) is 6.42 Å². The number of quaternary nitrogens is 1. The number of carboxylic acids is 1. The summed E-state index contributed by atoms with van der Waals surface area (Å²) in [6.07, 6.45) is 1.57. The van der Waals surface area contributed by atoms with E-state index in [2.05, 4.69) is 0 Å². The topological polar surface area (TPSA) is 40.1 Å². The van der Waals surface area contributed by atoms with Gasteiger partial charge in [0.2, 0.25) is 0 Å². The fourth-order valence-corrected chi connectivity index (χ4v) is 1.09. The highest BCUT2D eigenvalue weighted by Crippen LogP contribution is 2.08. The Morgan fingerprint density at radius 3 is 2.00 bits per heavy atom. The van der Waals surface area contributed by atoms with E-state index in [1.807, 2.05) is 28.1 Å². The molecule has 3 heteroatoms. The van der Waals surface area contributed by atoms with Crippen molar-refractivity contribution in [2.75, 3.05) is 21.1 Å². The standard InChI is InChI=1S/C8H17NO2/c1-5-6-7(8(10)11)9(2,3)4/h7H,5-6H2,1-4H3. The molecule has 1 unspecified atom stereocenters. The molecule has 0 aliphatic carbocycles. The van der Waals surface area contributed by atoms with Crippen LogP contribution >= 0.6 is 0 Å². The molecule has 3 nitrogen and oxygen atoms in total. The van der Waals surface area contributed by atoms with Gasteiger partial charge in [0.15, 0.2) is 0 Å². The zero-order chi connectivity index (χ0) is 9.07. The van der Waals surface area contributed by atoms with Gasteiger partial charge in [-0.05, 0) is 0 Å². The summed E-state index contributed by atoms with van der Waals surface area (Å²) in [5, 5.41) is 10.6. The van der Waals surface area contributed by atoms with Crippen LogP contribution in [0.3, 0.4) is 0 Å². The van der Waals surface area contributed by atoms with Crippen molar-refractivity contribution in [3.05, 3.63) is 0 Å². The second-order valence-corrected chi connectivity index (χ2v) is 3.74. The van der Waals surface area contributed by atoms with Gasteiger partial charge in [-0.15, -0.1) is 0 Å². The summed E-state index contributed by atoms with van der Waals surface area (Å²) in [5.74, 6) is -0.945. The fourth-order valence-electron chi connectivity index (χ4n) is 1.09. The smallest absolute Gasteiger partial charge is 0.129 e. The van der Waals surface area contributed by atoms with Gasteiger partial charge in [0.25, 0.3) is 0 Å². The molecular formula is C8H17NO2. The average molecular weight is 159 g/mol. The Hall–Kier alpha value is -0.570. The van der Waals surface area contributed by atoms with Crippen LogP contribution in [0.5, 0.6) is 0 Å². The molecule has 0 spiro atoms. The highest BCUT2D eigenvalue weighted by molar-refractivity contribution is 5.69. The van der Waals surface area contributed by atoms with E-state index in [0.29, 0.717) is 10.9 Å². The highest BCUT2D eigenvalue weighted by atomic mass is 16.4. The van der Waals surface area contributed by atoms with E-state index in [1.54, 1.807) is 0 Å². The first kappa shape index (κ1) is 10.4. The number of carboxylic acid groups (broad SMARTS) is 1. The quantitative estimate of drug-likeness (QED) is 0.524. The Balaban J connectivity index is 4.22. The van der Waals surface area contributed by atoms with Gasteiger partial charge in [-0.2, -0.15) is 0 Å². The van der Waals surface area contributed by atoms with Gasteiger partial charge < -0.3 is 14.4 Å². The van der Waals surface area contributed by atoms with Crippen LogP contribution in [0.4, 0.5) is 0 Å². The van der Waals surface area contributed by atoms with Gasteiger partial charge in [0, 0.05) is 6.42 Å². The third kappa shape index (κ3) is 3.37. The molecule has 0 aromatic rings. The summed E-state index contributed by atoms with van der Waals surface area (Å²) in [4.78, 5) is 10.6. The number of carbonyl (C=O) groups is 1. The zero-order valence-corrected chi connectivity index (χ0v) is 7.76. The summed E-state index contributed by atoms with van der Waals surface area (Å²) in [6, 6.07) is -0.375. The molecule has 0 rings (SSSR count). The molecule has 66 valence electrons. The average Bonchev–Trinajstić information content (AvgIpc) is 1.79. The number of hydrogen-bond donors (Lipinski definition) is 0. The Kier molecular flexibility index (Phi) is 3.52. The maximum absolute atomic E-state index is 10.6.